The van der Waals surface area contributed by atoms with Gasteiger partial charge in [-0.05, 0) is 31.9 Å². The van der Waals surface area contributed by atoms with Gasteiger partial charge in [-0.2, -0.15) is 0 Å². The summed E-state index contributed by atoms with van der Waals surface area (Å²) < 4.78 is 0. The van der Waals surface area contributed by atoms with Crippen LogP contribution in [0.15, 0.2) is 24.3 Å². The van der Waals surface area contributed by atoms with Crippen LogP contribution in [0.3, 0.4) is 0 Å². The summed E-state index contributed by atoms with van der Waals surface area (Å²) in [6, 6.07) is 7.84. The topological polar surface area (TPSA) is 62.3 Å². The molecular weight excluding hydrogens is 358 g/mol. The quantitative estimate of drug-likeness (QED) is 0.885. The van der Waals surface area contributed by atoms with Gasteiger partial charge in [0.25, 0.3) is 0 Å². The van der Waals surface area contributed by atoms with Gasteiger partial charge in [-0.3, -0.25) is 9.59 Å². The molecule has 1 N–H and O–H groups in total. The van der Waals surface area contributed by atoms with Gasteiger partial charge in [0, 0.05) is 34.5 Å². The number of hydrogen-bond acceptors (Lipinski definition) is 4. The molecule has 2 amide bonds. The van der Waals surface area contributed by atoms with E-state index in [1.165, 1.54) is 11.3 Å². The second kappa shape index (κ2) is 6.42. The Balaban J connectivity index is 1.46. The van der Waals surface area contributed by atoms with Gasteiger partial charge in [-0.15, -0.1) is 11.3 Å². The molecule has 2 aliphatic rings. The highest BCUT2D eigenvalue weighted by atomic mass is 35.5. The van der Waals surface area contributed by atoms with Gasteiger partial charge < -0.3 is 10.2 Å². The van der Waals surface area contributed by atoms with Crippen LogP contribution in [0, 0.1) is 12.8 Å². The third kappa shape index (κ3) is 3.41. The summed E-state index contributed by atoms with van der Waals surface area (Å²) in [6.07, 6.45) is 2.43. The highest BCUT2D eigenvalue weighted by Gasteiger charge is 2.41. The lowest BCUT2D eigenvalue weighted by Gasteiger charge is -2.14. The Morgan fingerprint density at radius 2 is 2.04 bits per heavy atom. The van der Waals surface area contributed by atoms with Gasteiger partial charge in [-0.1, -0.05) is 23.7 Å². The van der Waals surface area contributed by atoms with Crippen molar-refractivity contribution in [1.29, 1.82) is 0 Å². The fraction of sp³-hybridized carbons (Fsp3) is 0.389. The molecule has 1 saturated carbocycles. The number of likely N-dealkylation sites (tertiary alicyclic amines) is 1. The number of carbonyl (C=O) groups excluding carboxylic acids is 2. The number of aryl methyl sites for hydroxylation is 1. The molecule has 5 nitrogen and oxygen atoms in total. The van der Waals surface area contributed by atoms with Crippen LogP contribution in [0.1, 0.15) is 24.1 Å². The Morgan fingerprint density at radius 3 is 2.72 bits per heavy atom. The number of amides is 2. The molecule has 1 aromatic carbocycles. The second-order valence-corrected chi connectivity index (χ2v) is 8.24. The van der Waals surface area contributed by atoms with E-state index in [0.29, 0.717) is 29.2 Å². The first-order valence-corrected chi connectivity index (χ1v) is 9.54. The molecule has 1 saturated heterocycles. The predicted molar refractivity (Wildman–Crippen MR) is 98.8 cm³/mol. The summed E-state index contributed by atoms with van der Waals surface area (Å²) in [7, 11) is 0. The smallest absolute Gasteiger partial charge is 0.231 e. The van der Waals surface area contributed by atoms with E-state index in [-0.39, 0.29) is 17.7 Å². The lowest BCUT2D eigenvalue weighted by Crippen LogP contribution is -2.29. The van der Waals surface area contributed by atoms with Crippen LogP contribution in [0.5, 0.6) is 0 Å². The molecule has 0 unspecified atom stereocenters. The molecule has 2 aromatic rings. The van der Waals surface area contributed by atoms with Crippen molar-refractivity contribution >= 4 is 39.9 Å². The van der Waals surface area contributed by atoms with E-state index in [9.17, 15) is 9.59 Å². The Bertz CT molecular complexity index is 829. The van der Waals surface area contributed by atoms with E-state index >= 15 is 0 Å². The van der Waals surface area contributed by atoms with Crippen molar-refractivity contribution in [3.05, 3.63) is 34.2 Å². The number of benzene rings is 1. The van der Waals surface area contributed by atoms with E-state index in [1.54, 1.807) is 0 Å². The van der Waals surface area contributed by atoms with Gasteiger partial charge in [0.2, 0.25) is 11.8 Å². The van der Waals surface area contributed by atoms with E-state index < -0.39 is 0 Å². The number of anilines is 1. The number of thiazole rings is 1. The molecule has 1 atom stereocenters. The number of hydrogen-bond donors (Lipinski definition) is 1. The third-order valence-electron chi connectivity index (χ3n) is 4.66. The zero-order chi connectivity index (χ0) is 17.6. The van der Waals surface area contributed by atoms with E-state index in [0.717, 1.165) is 29.0 Å². The molecule has 130 valence electrons. The molecule has 1 aromatic heterocycles. The van der Waals surface area contributed by atoms with E-state index in [4.69, 9.17) is 11.6 Å². The van der Waals surface area contributed by atoms with Crippen molar-refractivity contribution in [2.45, 2.75) is 32.2 Å². The molecule has 0 bridgehead atoms. The van der Waals surface area contributed by atoms with Crippen molar-refractivity contribution in [3.8, 4) is 11.3 Å². The standard InChI is InChI=1S/C18H18ClN3O2S/c1-10-16(11-2-4-13(19)5-3-11)20-18(25-10)21-17(24)12-8-15(23)22(9-12)14-6-7-14/h2-5,12,14H,6-9H2,1H3,(H,20,21,24)/t12-/m0/s1. The van der Waals surface area contributed by atoms with Gasteiger partial charge in [0.1, 0.15) is 0 Å². The number of nitrogens with zero attached hydrogens (tertiary/aromatic N) is 2. The summed E-state index contributed by atoms with van der Waals surface area (Å²) in [5.41, 5.74) is 1.81. The molecule has 4 rings (SSSR count). The fourth-order valence-electron chi connectivity index (χ4n) is 3.18. The Morgan fingerprint density at radius 1 is 1.32 bits per heavy atom. The number of rotatable bonds is 4. The van der Waals surface area contributed by atoms with Crippen LogP contribution < -0.4 is 5.32 Å². The van der Waals surface area contributed by atoms with Crippen molar-refractivity contribution in [2.24, 2.45) is 5.92 Å². The first kappa shape index (κ1) is 16.5. The maximum Gasteiger partial charge on any atom is 0.231 e. The maximum absolute atomic E-state index is 12.5. The number of halogens is 1. The molecular formula is C18H18ClN3O2S. The highest BCUT2D eigenvalue weighted by Crippen LogP contribution is 2.34. The third-order valence-corrected chi connectivity index (χ3v) is 5.80. The molecule has 1 aliphatic heterocycles. The van der Waals surface area contributed by atoms with Gasteiger partial charge in [0.15, 0.2) is 5.13 Å². The van der Waals surface area contributed by atoms with E-state index in [2.05, 4.69) is 10.3 Å². The highest BCUT2D eigenvalue weighted by molar-refractivity contribution is 7.16. The minimum atomic E-state index is -0.281. The first-order chi connectivity index (χ1) is 12.0. The number of carbonyl (C=O) groups is 2. The fourth-order valence-corrected chi connectivity index (χ4v) is 4.14. The average molecular weight is 376 g/mol. The molecule has 2 fully saturated rings. The Kier molecular flexibility index (Phi) is 4.25. The Labute approximate surface area is 155 Å². The Hall–Kier alpha value is -1.92. The lowest BCUT2D eigenvalue weighted by atomic mass is 10.1. The van der Waals surface area contributed by atoms with Crippen molar-refractivity contribution in [3.63, 3.8) is 0 Å². The monoisotopic (exact) mass is 375 g/mol. The van der Waals surface area contributed by atoms with Crippen molar-refractivity contribution in [2.75, 3.05) is 11.9 Å². The van der Waals surface area contributed by atoms with Crippen LogP contribution in [0.25, 0.3) is 11.3 Å². The lowest BCUT2D eigenvalue weighted by molar-refractivity contribution is -0.128. The number of aromatic nitrogens is 1. The number of nitrogens with one attached hydrogen (secondary N) is 1. The summed E-state index contributed by atoms with van der Waals surface area (Å²) in [6.45, 7) is 2.51. The zero-order valence-corrected chi connectivity index (χ0v) is 15.4. The van der Waals surface area contributed by atoms with Gasteiger partial charge >= 0.3 is 0 Å². The molecule has 25 heavy (non-hydrogen) atoms. The molecule has 0 spiro atoms. The van der Waals surface area contributed by atoms with Crippen LogP contribution in [0.4, 0.5) is 5.13 Å². The summed E-state index contributed by atoms with van der Waals surface area (Å²) >= 11 is 7.38. The van der Waals surface area contributed by atoms with Gasteiger partial charge in [0.05, 0.1) is 11.6 Å². The predicted octanol–water partition coefficient (Wildman–Crippen LogP) is 3.72. The summed E-state index contributed by atoms with van der Waals surface area (Å²) in [5.74, 6) is -0.302. The SMILES string of the molecule is Cc1sc(NC(=O)[C@H]2CC(=O)N(C3CC3)C2)nc1-c1ccc(Cl)cc1. The first-order valence-electron chi connectivity index (χ1n) is 8.35. The van der Waals surface area contributed by atoms with Crippen molar-refractivity contribution in [1.82, 2.24) is 9.88 Å². The van der Waals surface area contributed by atoms with Crippen LogP contribution in [-0.2, 0) is 9.59 Å². The summed E-state index contributed by atoms with van der Waals surface area (Å²) in [5, 5.41) is 4.14. The summed E-state index contributed by atoms with van der Waals surface area (Å²) in [4.78, 5) is 32.0. The van der Waals surface area contributed by atoms with Crippen LogP contribution >= 0.6 is 22.9 Å². The molecule has 0 radical (unpaired) electrons. The zero-order valence-electron chi connectivity index (χ0n) is 13.8. The maximum atomic E-state index is 12.5. The average Bonchev–Trinajstić information content (AvgIpc) is 3.25. The van der Waals surface area contributed by atoms with Crippen LogP contribution in [0.2, 0.25) is 5.02 Å². The molecule has 1 aliphatic carbocycles. The minimum Gasteiger partial charge on any atom is -0.339 e. The van der Waals surface area contributed by atoms with Crippen LogP contribution in [-0.4, -0.2) is 34.3 Å². The molecule has 2 heterocycles. The minimum absolute atomic E-state index is 0.0971. The van der Waals surface area contributed by atoms with E-state index in [1.807, 2.05) is 36.1 Å². The van der Waals surface area contributed by atoms with Gasteiger partial charge in [-0.25, -0.2) is 4.98 Å². The van der Waals surface area contributed by atoms with Crippen molar-refractivity contribution < 1.29 is 9.59 Å². The second-order valence-electron chi connectivity index (χ2n) is 6.60. The largest absolute Gasteiger partial charge is 0.339 e. The normalized spacial score (nSPS) is 20.2. The molecule has 7 heteroatoms.